The Labute approximate surface area is 153 Å². The maximum absolute atomic E-state index is 12.3. The number of carbonyl (C=O) groups excluding carboxylic acids is 1. The van der Waals surface area contributed by atoms with Crippen molar-refractivity contribution in [1.82, 2.24) is 10.3 Å². The van der Waals surface area contributed by atoms with Crippen LogP contribution in [-0.2, 0) is 11.3 Å². The molecule has 1 N–H and O–H groups in total. The van der Waals surface area contributed by atoms with Gasteiger partial charge >= 0.3 is 6.18 Å². The predicted molar refractivity (Wildman–Crippen MR) is 89.2 cm³/mol. The van der Waals surface area contributed by atoms with Gasteiger partial charge in [0, 0.05) is 18.3 Å². The molecule has 0 spiro atoms. The largest absolute Gasteiger partial charge is 0.479 e. The standard InChI is InChI=1S/C17H16ClF3N2O3/c1-11(26-14-7-3-2-6-13(14)18)15(24)23-9-12-5-4-8-22-16(12)25-10-17(19,20)21/h2-8,11H,9-10H2,1H3,(H,23,24). The van der Waals surface area contributed by atoms with Gasteiger partial charge in [0.05, 0.1) is 5.02 Å². The minimum Gasteiger partial charge on any atom is -0.479 e. The summed E-state index contributed by atoms with van der Waals surface area (Å²) in [6.07, 6.45) is -4.03. The van der Waals surface area contributed by atoms with Crippen LogP contribution >= 0.6 is 11.6 Å². The summed E-state index contributed by atoms with van der Waals surface area (Å²) in [5, 5.41) is 2.93. The zero-order valence-corrected chi connectivity index (χ0v) is 14.5. The quantitative estimate of drug-likeness (QED) is 0.784. The highest BCUT2D eigenvalue weighted by Gasteiger charge is 2.29. The molecule has 0 bridgehead atoms. The summed E-state index contributed by atoms with van der Waals surface area (Å²) in [6.45, 7) is 0.00996. The summed E-state index contributed by atoms with van der Waals surface area (Å²) >= 11 is 5.96. The van der Waals surface area contributed by atoms with Gasteiger partial charge in [0.2, 0.25) is 5.88 Å². The molecule has 1 aromatic heterocycles. The highest BCUT2D eigenvalue weighted by atomic mass is 35.5. The average Bonchev–Trinajstić information content (AvgIpc) is 2.59. The number of halogens is 4. The van der Waals surface area contributed by atoms with Gasteiger partial charge < -0.3 is 14.8 Å². The van der Waals surface area contributed by atoms with E-state index in [0.29, 0.717) is 16.3 Å². The molecule has 1 unspecified atom stereocenters. The molecular formula is C17H16ClF3N2O3. The zero-order chi connectivity index (χ0) is 19.2. The van der Waals surface area contributed by atoms with Crippen LogP contribution < -0.4 is 14.8 Å². The molecule has 140 valence electrons. The fourth-order valence-corrected chi connectivity index (χ4v) is 2.13. The maximum Gasteiger partial charge on any atom is 0.422 e. The van der Waals surface area contributed by atoms with Crippen LogP contribution in [0, 0.1) is 0 Å². The first-order valence-corrected chi connectivity index (χ1v) is 7.96. The van der Waals surface area contributed by atoms with Gasteiger partial charge in [-0.25, -0.2) is 4.98 Å². The smallest absolute Gasteiger partial charge is 0.422 e. The van der Waals surface area contributed by atoms with Crippen molar-refractivity contribution >= 4 is 17.5 Å². The number of nitrogens with zero attached hydrogens (tertiary/aromatic N) is 1. The number of rotatable bonds is 7. The number of nitrogens with one attached hydrogen (secondary N) is 1. The molecule has 1 atom stereocenters. The van der Waals surface area contributed by atoms with E-state index in [0.717, 1.165) is 0 Å². The van der Waals surface area contributed by atoms with Crippen molar-refractivity contribution in [3.05, 3.63) is 53.2 Å². The second kappa shape index (κ2) is 8.75. The summed E-state index contributed by atoms with van der Waals surface area (Å²) in [4.78, 5) is 15.9. The Morgan fingerprint density at radius 3 is 2.69 bits per heavy atom. The van der Waals surface area contributed by atoms with Gasteiger partial charge in [-0.15, -0.1) is 0 Å². The number of alkyl halides is 3. The molecule has 1 heterocycles. The van der Waals surface area contributed by atoms with Crippen LogP contribution in [0.15, 0.2) is 42.6 Å². The van der Waals surface area contributed by atoms with Crippen molar-refractivity contribution in [2.75, 3.05) is 6.61 Å². The van der Waals surface area contributed by atoms with Crippen LogP contribution in [0.2, 0.25) is 5.02 Å². The van der Waals surface area contributed by atoms with Gasteiger partial charge in [-0.1, -0.05) is 29.8 Å². The number of amides is 1. The van der Waals surface area contributed by atoms with Crippen LogP contribution in [-0.4, -0.2) is 29.8 Å². The fraction of sp³-hybridized carbons (Fsp3) is 0.294. The van der Waals surface area contributed by atoms with Gasteiger partial charge in [-0.3, -0.25) is 4.79 Å². The Balaban J connectivity index is 1.93. The Morgan fingerprint density at radius 1 is 1.27 bits per heavy atom. The van der Waals surface area contributed by atoms with Crippen LogP contribution in [0.4, 0.5) is 13.2 Å². The Hall–Kier alpha value is -2.48. The van der Waals surface area contributed by atoms with E-state index in [4.69, 9.17) is 16.3 Å². The number of hydrogen-bond donors (Lipinski definition) is 1. The van der Waals surface area contributed by atoms with Crippen LogP contribution in [0.1, 0.15) is 12.5 Å². The third-order valence-electron chi connectivity index (χ3n) is 3.19. The van der Waals surface area contributed by atoms with Crippen LogP contribution in [0.25, 0.3) is 0 Å². The van der Waals surface area contributed by atoms with E-state index in [9.17, 15) is 18.0 Å². The highest BCUT2D eigenvalue weighted by molar-refractivity contribution is 6.32. The van der Waals surface area contributed by atoms with Crippen LogP contribution in [0.3, 0.4) is 0 Å². The van der Waals surface area contributed by atoms with Gasteiger partial charge in [0.25, 0.3) is 5.91 Å². The molecule has 0 saturated heterocycles. The van der Waals surface area contributed by atoms with Crippen molar-refractivity contribution in [1.29, 1.82) is 0 Å². The number of para-hydroxylation sites is 1. The summed E-state index contributed by atoms with van der Waals surface area (Å²) in [7, 11) is 0. The second-order valence-corrected chi connectivity index (χ2v) is 5.69. The Kier molecular flexibility index (Phi) is 6.68. The molecule has 0 fully saturated rings. The van der Waals surface area contributed by atoms with Gasteiger partial charge in [-0.2, -0.15) is 13.2 Å². The number of ether oxygens (including phenoxy) is 2. The van der Waals surface area contributed by atoms with E-state index in [-0.39, 0.29) is 12.4 Å². The average molecular weight is 389 g/mol. The van der Waals surface area contributed by atoms with Crippen molar-refractivity contribution in [3.63, 3.8) is 0 Å². The molecule has 0 aliphatic rings. The molecule has 1 aromatic carbocycles. The number of pyridine rings is 1. The van der Waals surface area contributed by atoms with Crippen molar-refractivity contribution in [2.24, 2.45) is 0 Å². The minimum atomic E-state index is -4.48. The van der Waals surface area contributed by atoms with E-state index >= 15 is 0 Å². The van der Waals surface area contributed by atoms with Gasteiger partial charge in [0.1, 0.15) is 5.75 Å². The molecule has 1 amide bonds. The molecule has 26 heavy (non-hydrogen) atoms. The van der Waals surface area contributed by atoms with E-state index in [1.165, 1.54) is 25.3 Å². The highest BCUT2D eigenvalue weighted by Crippen LogP contribution is 2.24. The predicted octanol–water partition coefficient (Wildman–Crippen LogP) is 3.76. The first kappa shape index (κ1) is 19.8. The molecule has 0 radical (unpaired) electrons. The van der Waals surface area contributed by atoms with Crippen LogP contribution in [0.5, 0.6) is 11.6 Å². The van der Waals surface area contributed by atoms with E-state index in [1.54, 1.807) is 24.3 Å². The molecule has 9 heteroatoms. The SMILES string of the molecule is CC(Oc1ccccc1Cl)C(=O)NCc1cccnc1OCC(F)(F)F. The van der Waals surface area contributed by atoms with Gasteiger partial charge in [0.15, 0.2) is 12.7 Å². The van der Waals surface area contributed by atoms with E-state index in [2.05, 4.69) is 15.0 Å². The molecule has 2 aromatic rings. The lowest BCUT2D eigenvalue weighted by Crippen LogP contribution is -2.36. The fourth-order valence-electron chi connectivity index (χ4n) is 1.95. The lowest BCUT2D eigenvalue weighted by molar-refractivity contribution is -0.154. The lowest BCUT2D eigenvalue weighted by Gasteiger charge is -2.16. The number of hydrogen-bond acceptors (Lipinski definition) is 4. The van der Waals surface area contributed by atoms with Crippen molar-refractivity contribution < 1.29 is 27.4 Å². The third kappa shape index (κ3) is 6.11. The summed E-state index contributed by atoms with van der Waals surface area (Å²) in [5.74, 6) is -0.298. The first-order valence-electron chi connectivity index (χ1n) is 7.58. The minimum absolute atomic E-state index is 0.0594. The van der Waals surface area contributed by atoms with Gasteiger partial charge in [-0.05, 0) is 25.1 Å². The van der Waals surface area contributed by atoms with Crippen molar-refractivity contribution in [3.8, 4) is 11.6 Å². The third-order valence-corrected chi connectivity index (χ3v) is 3.50. The number of carbonyl (C=O) groups is 1. The topological polar surface area (TPSA) is 60.5 Å². The Morgan fingerprint density at radius 2 is 2.00 bits per heavy atom. The molecule has 0 aliphatic heterocycles. The summed E-state index contributed by atoms with van der Waals surface area (Å²) < 4.78 is 47.0. The van der Waals surface area contributed by atoms with E-state index in [1.807, 2.05) is 0 Å². The normalized spacial score (nSPS) is 12.3. The molecule has 0 aliphatic carbocycles. The van der Waals surface area contributed by atoms with E-state index < -0.39 is 24.8 Å². The molecule has 0 saturated carbocycles. The molecule has 2 rings (SSSR count). The monoisotopic (exact) mass is 388 g/mol. The summed E-state index contributed by atoms with van der Waals surface area (Å²) in [6, 6.07) is 9.73. The number of aromatic nitrogens is 1. The molecular weight excluding hydrogens is 373 g/mol. The number of benzene rings is 1. The Bertz CT molecular complexity index is 756. The molecule has 5 nitrogen and oxygen atoms in total. The first-order chi connectivity index (χ1) is 12.3. The second-order valence-electron chi connectivity index (χ2n) is 5.28. The zero-order valence-electron chi connectivity index (χ0n) is 13.7. The maximum atomic E-state index is 12.3. The summed E-state index contributed by atoms with van der Waals surface area (Å²) in [5.41, 5.74) is 0.315. The van der Waals surface area contributed by atoms with Crippen molar-refractivity contribution in [2.45, 2.75) is 25.7 Å². The lowest BCUT2D eigenvalue weighted by atomic mass is 10.2.